The zero-order valence-corrected chi connectivity index (χ0v) is 16.8. The molecule has 7 heteroatoms. The molecule has 1 aliphatic heterocycles. The summed E-state index contributed by atoms with van der Waals surface area (Å²) in [5.41, 5.74) is 1.73. The summed E-state index contributed by atoms with van der Waals surface area (Å²) in [6, 6.07) is 14.0. The lowest BCUT2D eigenvalue weighted by molar-refractivity contribution is -0.135. The second-order valence-electron chi connectivity index (χ2n) is 7.58. The Morgan fingerprint density at radius 3 is 2.69 bits per heavy atom. The number of fused-ring (bicyclic) bond motifs is 2. The van der Waals surface area contributed by atoms with Gasteiger partial charge in [0.2, 0.25) is 5.91 Å². The smallest absolute Gasteiger partial charge is 0.325 e. The molecule has 150 valence electrons. The van der Waals surface area contributed by atoms with Gasteiger partial charge in [-0.2, -0.15) is 0 Å². The van der Waals surface area contributed by atoms with E-state index in [1.165, 1.54) is 0 Å². The van der Waals surface area contributed by atoms with Crippen LogP contribution in [-0.2, 0) is 21.5 Å². The molecule has 29 heavy (non-hydrogen) atoms. The molecule has 2 atom stereocenters. The van der Waals surface area contributed by atoms with Crippen molar-refractivity contribution in [2.45, 2.75) is 37.8 Å². The van der Waals surface area contributed by atoms with Crippen LogP contribution in [-0.4, -0.2) is 29.3 Å². The summed E-state index contributed by atoms with van der Waals surface area (Å²) in [6.45, 7) is 1.53. The number of hydrogen-bond donors (Lipinski definition) is 2. The number of nitrogens with zero attached hydrogens (tertiary/aromatic N) is 1. The van der Waals surface area contributed by atoms with Crippen LogP contribution >= 0.6 is 11.6 Å². The van der Waals surface area contributed by atoms with E-state index in [4.69, 9.17) is 11.6 Å². The second-order valence-corrected chi connectivity index (χ2v) is 8.01. The Hall–Kier alpha value is -2.86. The first-order valence-electron chi connectivity index (χ1n) is 9.68. The molecule has 4 rings (SSSR count). The molecule has 0 bridgehead atoms. The van der Waals surface area contributed by atoms with Crippen LogP contribution in [0.4, 0.5) is 4.79 Å². The normalized spacial score (nSPS) is 21.7. The maximum atomic E-state index is 13.2. The molecule has 0 saturated carbocycles. The predicted molar refractivity (Wildman–Crippen MR) is 109 cm³/mol. The summed E-state index contributed by atoms with van der Waals surface area (Å²) >= 11 is 5.90. The Kier molecular flexibility index (Phi) is 5.04. The van der Waals surface area contributed by atoms with Crippen LogP contribution in [0.5, 0.6) is 0 Å². The van der Waals surface area contributed by atoms with Gasteiger partial charge >= 0.3 is 6.03 Å². The third-order valence-corrected chi connectivity index (χ3v) is 5.95. The van der Waals surface area contributed by atoms with Gasteiger partial charge in [0.1, 0.15) is 12.1 Å². The van der Waals surface area contributed by atoms with Crippen molar-refractivity contribution in [3.05, 3.63) is 70.2 Å². The van der Waals surface area contributed by atoms with Gasteiger partial charge in [-0.05, 0) is 55.0 Å². The summed E-state index contributed by atoms with van der Waals surface area (Å²) in [4.78, 5) is 39.4. The van der Waals surface area contributed by atoms with Crippen molar-refractivity contribution < 1.29 is 14.4 Å². The summed E-state index contributed by atoms with van der Waals surface area (Å²) in [5, 5.41) is 6.32. The molecular formula is C22H22ClN3O3. The Morgan fingerprint density at radius 1 is 1.21 bits per heavy atom. The topological polar surface area (TPSA) is 78.5 Å². The lowest BCUT2D eigenvalue weighted by Crippen LogP contribution is -2.47. The number of benzene rings is 2. The number of nitrogens with one attached hydrogen (secondary N) is 2. The van der Waals surface area contributed by atoms with Crippen LogP contribution in [0.2, 0.25) is 5.02 Å². The molecule has 1 aliphatic carbocycles. The summed E-state index contributed by atoms with van der Waals surface area (Å²) in [7, 11) is 0. The van der Waals surface area contributed by atoms with Crippen molar-refractivity contribution in [2.75, 3.05) is 6.54 Å². The SMILES string of the molecule is C[C@H](NC(=O)CN1C(=O)N[C@@]2(CCCc3ccccc32)C1=O)c1ccc(Cl)cc1. The van der Waals surface area contributed by atoms with Gasteiger partial charge < -0.3 is 10.6 Å². The molecular weight excluding hydrogens is 390 g/mol. The molecule has 2 aromatic carbocycles. The minimum atomic E-state index is -1.06. The number of rotatable bonds is 4. The molecule has 4 amide bonds. The Morgan fingerprint density at radius 2 is 1.93 bits per heavy atom. The van der Waals surface area contributed by atoms with Crippen LogP contribution in [0.1, 0.15) is 42.5 Å². The number of carbonyl (C=O) groups excluding carboxylic acids is 3. The van der Waals surface area contributed by atoms with Crippen LogP contribution in [0, 0.1) is 0 Å². The van der Waals surface area contributed by atoms with E-state index < -0.39 is 17.5 Å². The highest BCUT2D eigenvalue weighted by atomic mass is 35.5. The van der Waals surface area contributed by atoms with Crippen molar-refractivity contribution in [2.24, 2.45) is 0 Å². The van der Waals surface area contributed by atoms with Crippen molar-refractivity contribution in [3.63, 3.8) is 0 Å². The largest absolute Gasteiger partial charge is 0.348 e. The van der Waals surface area contributed by atoms with E-state index in [1.54, 1.807) is 12.1 Å². The first-order valence-corrected chi connectivity index (χ1v) is 10.1. The number of halogens is 1. The van der Waals surface area contributed by atoms with E-state index in [0.29, 0.717) is 11.4 Å². The third-order valence-electron chi connectivity index (χ3n) is 5.70. The molecule has 1 fully saturated rings. The number of amides is 4. The van der Waals surface area contributed by atoms with Crippen molar-refractivity contribution in [1.82, 2.24) is 15.5 Å². The molecule has 2 aromatic rings. The molecule has 0 aromatic heterocycles. The highest BCUT2D eigenvalue weighted by Crippen LogP contribution is 2.39. The molecule has 0 unspecified atom stereocenters. The number of imide groups is 1. The van der Waals surface area contributed by atoms with Crippen molar-refractivity contribution in [1.29, 1.82) is 0 Å². The van der Waals surface area contributed by atoms with E-state index in [0.717, 1.165) is 34.4 Å². The number of urea groups is 1. The van der Waals surface area contributed by atoms with E-state index in [9.17, 15) is 14.4 Å². The zero-order chi connectivity index (χ0) is 20.6. The first-order chi connectivity index (χ1) is 13.9. The fourth-order valence-corrected chi connectivity index (χ4v) is 4.35. The van der Waals surface area contributed by atoms with Gasteiger partial charge in [-0.3, -0.25) is 14.5 Å². The highest BCUT2D eigenvalue weighted by molar-refractivity contribution is 6.30. The summed E-state index contributed by atoms with van der Waals surface area (Å²) < 4.78 is 0. The minimum absolute atomic E-state index is 0.273. The lowest BCUT2D eigenvalue weighted by atomic mass is 9.76. The Bertz CT molecular complexity index is 976. The van der Waals surface area contributed by atoms with E-state index >= 15 is 0 Å². The summed E-state index contributed by atoms with van der Waals surface area (Å²) in [6.07, 6.45) is 2.21. The van der Waals surface area contributed by atoms with Gasteiger partial charge in [0.25, 0.3) is 5.91 Å². The van der Waals surface area contributed by atoms with Gasteiger partial charge in [-0.25, -0.2) is 4.79 Å². The maximum Gasteiger partial charge on any atom is 0.325 e. The van der Waals surface area contributed by atoms with Gasteiger partial charge in [-0.15, -0.1) is 0 Å². The number of aryl methyl sites for hydroxylation is 1. The number of carbonyl (C=O) groups is 3. The summed E-state index contributed by atoms with van der Waals surface area (Å²) in [5.74, 6) is -0.749. The molecule has 2 N–H and O–H groups in total. The highest BCUT2D eigenvalue weighted by Gasteiger charge is 2.54. The van der Waals surface area contributed by atoms with Crippen LogP contribution in [0.3, 0.4) is 0 Å². The van der Waals surface area contributed by atoms with Crippen LogP contribution in [0.25, 0.3) is 0 Å². The van der Waals surface area contributed by atoms with Gasteiger partial charge in [0, 0.05) is 5.02 Å². The third kappa shape index (κ3) is 3.49. The zero-order valence-electron chi connectivity index (χ0n) is 16.1. The molecule has 1 heterocycles. The van der Waals surface area contributed by atoms with Gasteiger partial charge in [-0.1, -0.05) is 48.0 Å². The Balaban J connectivity index is 1.49. The van der Waals surface area contributed by atoms with E-state index in [1.807, 2.05) is 43.3 Å². The predicted octanol–water partition coefficient (Wildman–Crippen LogP) is 3.30. The van der Waals surface area contributed by atoms with E-state index in [2.05, 4.69) is 10.6 Å². The quantitative estimate of drug-likeness (QED) is 0.757. The lowest BCUT2D eigenvalue weighted by Gasteiger charge is -2.33. The minimum Gasteiger partial charge on any atom is -0.348 e. The fraction of sp³-hybridized carbons (Fsp3) is 0.318. The number of hydrogen-bond acceptors (Lipinski definition) is 3. The monoisotopic (exact) mass is 411 g/mol. The molecule has 6 nitrogen and oxygen atoms in total. The van der Waals surface area contributed by atoms with Gasteiger partial charge in [0.05, 0.1) is 6.04 Å². The molecule has 2 aliphatic rings. The van der Waals surface area contributed by atoms with Crippen LogP contribution in [0.15, 0.2) is 48.5 Å². The Labute approximate surface area is 174 Å². The fourth-order valence-electron chi connectivity index (χ4n) is 4.22. The van der Waals surface area contributed by atoms with Gasteiger partial charge in [0.15, 0.2) is 0 Å². The van der Waals surface area contributed by atoms with Crippen molar-refractivity contribution >= 4 is 29.4 Å². The van der Waals surface area contributed by atoms with Crippen molar-refractivity contribution in [3.8, 4) is 0 Å². The van der Waals surface area contributed by atoms with Crippen LogP contribution < -0.4 is 10.6 Å². The standard InChI is InChI=1S/C22H22ClN3O3/c1-14(15-8-10-17(23)11-9-15)24-19(27)13-26-20(28)22(25-21(26)29)12-4-6-16-5-2-3-7-18(16)22/h2-3,5,7-11,14H,4,6,12-13H2,1H3,(H,24,27)(H,25,29)/t14-,22+/m0/s1. The molecule has 1 spiro atoms. The van der Waals surface area contributed by atoms with E-state index in [-0.39, 0.29) is 18.5 Å². The average molecular weight is 412 g/mol. The molecule has 1 saturated heterocycles. The molecule has 0 radical (unpaired) electrons. The second kappa shape index (κ2) is 7.52. The first kappa shape index (κ1) is 19.5. The maximum absolute atomic E-state index is 13.2. The average Bonchev–Trinajstić information content (AvgIpc) is 2.93.